The average molecular weight is 239 g/mol. The largest absolute Gasteiger partial charge is 0.480 e. The third-order valence-electron chi connectivity index (χ3n) is 2.73. The highest BCUT2D eigenvalue weighted by Gasteiger charge is 2.27. The van der Waals surface area contributed by atoms with E-state index in [2.05, 4.69) is 11.2 Å². The Bertz CT molecular complexity index is 315. The van der Waals surface area contributed by atoms with Crippen LogP contribution in [0.15, 0.2) is 0 Å². The summed E-state index contributed by atoms with van der Waals surface area (Å²) in [5.74, 6) is 0.967. The van der Waals surface area contributed by atoms with Crippen molar-refractivity contribution in [3.05, 3.63) is 0 Å². The minimum absolute atomic E-state index is 0.218. The highest BCUT2D eigenvalue weighted by atomic mass is 16.5. The Balaban J connectivity index is 2.40. The zero-order chi connectivity index (χ0) is 12.7. The van der Waals surface area contributed by atoms with Crippen LogP contribution >= 0.6 is 0 Å². The molecule has 5 heteroatoms. The Morgan fingerprint density at radius 3 is 2.88 bits per heavy atom. The van der Waals surface area contributed by atoms with E-state index in [-0.39, 0.29) is 11.8 Å². The van der Waals surface area contributed by atoms with Crippen LogP contribution in [0, 0.1) is 18.3 Å². The van der Waals surface area contributed by atoms with Crippen LogP contribution in [0.2, 0.25) is 0 Å². The highest BCUT2D eigenvalue weighted by Crippen LogP contribution is 2.13. The summed E-state index contributed by atoms with van der Waals surface area (Å²) in [6.45, 7) is 0.940. The van der Waals surface area contributed by atoms with Crippen molar-refractivity contribution in [2.24, 2.45) is 5.92 Å². The summed E-state index contributed by atoms with van der Waals surface area (Å²) in [7, 11) is 0. The summed E-state index contributed by atoms with van der Waals surface area (Å²) in [6.07, 6.45) is 7.22. The van der Waals surface area contributed by atoms with Crippen molar-refractivity contribution in [1.82, 2.24) is 5.32 Å². The summed E-state index contributed by atoms with van der Waals surface area (Å²) < 4.78 is 5.08. The van der Waals surface area contributed by atoms with E-state index >= 15 is 0 Å². The number of carbonyl (C=O) groups excluding carboxylic acids is 1. The van der Waals surface area contributed by atoms with Crippen molar-refractivity contribution in [3.63, 3.8) is 0 Å². The summed E-state index contributed by atoms with van der Waals surface area (Å²) in [5.41, 5.74) is 0. The standard InChI is InChI=1S/C12H17NO4/c1-2-3-4-5-10(12(15)16)13-11(14)9-6-7-17-8-9/h1,9-10H,3-8H2,(H,13,14)(H,15,16)/t9-,10+/m0/s1. The maximum absolute atomic E-state index is 11.7. The number of terminal acetylenes is 1. The van der Waals surface area contributed by atoms with Crippen LogP contribution in [0.4, 0.5) is 0 Å². The summed E-state index contributed by atoms with van der Waals surface area (Å²) >= 11 is 0. The van der Waals surface area contributed by atoms with E-state index in [4.69, 9.17) is 16.3 Å². The van der Waals surface area contributed by atoms with Crippen molar-refractivity contribution < 1.29 is 19.4 Å². The van der Waals surface area contributed by atoms with Crippen LogP contribution in [0.3, 0.4) is 0 Å². The molecule has 1 heterocycles. The molecule has 0 aromatic carbocycles. The van der Waals surface area contributed by atoms with Crippen molar-refractivity contribution in [1.29, 1.82) is 0 Å². The molecule has 0 bridgehead atoms. The molecule has 94 valence electrons. The molecule has 0 unspecified atom stereocenters. The van der Waals surface area contributed by atoms with Gasteiger partial charge in [0.2, 0.25) is 5.91 Å². The maximum Gasteiger partial charge on any atom is 0.326 e. The van der Waals surface area contributed by atoms with E-state index in [1.165, 1.54) is 0 Å². The molecule has 2 atom stereocenters. The van der Waals surface area contributed by atoms with Gasteiger partial charge in [-0.25, -0.2) is 4.79 Å². The third-order valence-corrected chi connectivity index (χ3v) is 2.73. The van der Waals surface area contributed by atoms with Gasteiger partial charge in [-0.05, 0) is 19.3 Å². The number of ether oxygens (including phenoxy) is 1. The number of amides is 1. The van der Waals surface area contributed by atoms with Crippen LogP contribution < -0.4 is 5.32 Å². The third kappa shape index (κ3) is 4.45. The van der Waals surface area contributed by atoms with Crippen LogP contribution in [-0.4, -0.2) is 36.2 Å². The van der Waals surface area contributed by atoms with Crippen LogP contribution in [0.5, 0.6) is 0 Å². The fourth-order valence-corrected chi connectivity index (χ4v) is 1.70. The number of carboxylic acid groups (broad SMARTS) is 1. The van der Waals surface area contributed by atoms with Gasteiger partial charge in [0, 0.05) is 13.0 Å². The molecular weight excluding hydrogens is 222 g/mol. The molecule has 0 aliphatic carbocycles. The first-order chi connectivity index (χ1) is 8.15. The molecule has 0 aromatic heterocycles. The molecule has 5 nitrogen and oxygen atoms in total. The Morgan fingerprint density at radius 1 is 1.59 bits per heavy atom. The zero-order valence-corrected chi connectivity index (χ0v) is 9.65. The van der Waals surface area contributed by atoms with Gasteiger partial charge < -0.3 is 15.2 Å². The number of unbranched alkanes of at least 4 members (excludes halogenated alkanes) is 1. The van der Waals surface area contributed by atoms with Crippen molar-refractivity contribution in [2.75, 3.05) is 13.2 Å². The molecule has 2 N–H and O–H groups in total. The summed E-state index contributed by atoms with van der Waals surface area (Å²) in [4.78, 5) is 22.6. The van der Waals surface area contributed by atoms with Crippen LogP contribution in [-0.2, 0) is 14.3 Å². The molecule has 0 spiro atoms. The van der Waals surface area contributed by atoms with E-state index in [0.29, 0.717) is 38.9 Å². The van der Waals surface area contributed by atoms with Gasteiger partial charge in [-0.1, -0.05) is 0 Å². The number of hydrogen-bond donors (Lipinski definition) is 2. The number of hydrogen-bond acceptors (Lipinski definition) is 3. The topological polar surface area (TPSA) is 75.6 Å². The van der Waals surface area contributed by atoms with E-state index in [9.17, 15) is 9.59 Å². The summed E-state index contributed by atoms with van der Waals surface area (Å²) in [5, 5.41) is 11.5. The molecule has 0 aromatic rings. The van der Waals surface area contributed by atoms with Crippen molar-refractivity contribution in [2.45, 2.75) is 31.7 Å². The second kappa shape index (κ2) is 6.92. The Kier molecular flexibility index (Phi) is 5.50. The fourth-order valence-electron chi connectivity index (χ4n) is 1.70. The molecule has 17 heavy (non-hydrogen) atoms. The van der Waals surface area contributed by atoms with Crippen molar-refractivity contribution in [3.8, 4) is 12.3 Å². The minimum atomic E-state index is -1.02. The molecule has 1 aliphatic heterocycles. The Labute approximate surface area is 101 Å². The van der Waals surface area contributed by atoms with Gasteiger partial charge >= 0.3 is 5.97 Å². The van der Waals surface area contributed by atoms with Gasteiger partial charge in [0.25, 0.3) is 0 Å². The van der Waals surface area contributed by atoms with E-state index in [1.807, 2.05) is 0 Å². The summed E-state index contributed by atoms with van der Waals surface area (Å²) in [6, 6.07) is -0.851. The molecule has 1 rings (SSSR count). The minimum Gasteiger partial charge on any atom is -0.480 e. The first-order valence-electron chi connectivity index (χ1n) is 5.69. The lowest BCUT2D eigenvalue weighted by molar-refractivity contribution is -0.142. The monoisotopic (exact) mass is 239 g/mol. The van der Waals surface area contributed by atoms with Crippen LogP contribution in [0.25, 0.3) is 0 Å². The van der Waals surface area contributed by atoms with E-state index in [1.54, 1.807) is 0 Å². The lowest BCUT2D eigenvalue weighted by Crippen LogP contribution is -2.43. The predicted octanol–water partition coefficient (Wildman–Crippen LogP) is 0.396. The molecule has 1 fully saturated rings. The molecule has 1 aliphatic rings. The highest BCUT2D eigenvalue weighted by molar-refractivity contribution is 5.85. The molecule has 0 radical (unpaired) electrons. The zero-order valence-electron chi connectivity index (χ0n) is 9.65. The Hall–Kier alpha value is -1.54. The average Bonchev–Trinajstić information content (AvgIpc) is 2.81. The molecular formula is C12H17NO4. The normalized spacial score (nSPS) is 20.5. The molecule has 1 amide bonds. The van der Waals surface area contributed by atoms with Gasteiger partial charge in [-0.15, -0.1) is 12.3 Å². The first-order valence-corrected chi connectivity index (χ1v) is 5.69. The quantitative estimate of drug-likeness (QED) is 0.519. The maximum atomic E-state index is 11.7. The Morgan fingerprint density at radius 2 is 2.35 bits per heavy atom. The number of nitrogens with one attached hydrogen (secondary N) is 1. The number of carboxylic acids is 1. The second-order valence-corrected chi connectivity index (χ2v) is 4.06. The lowest BCUT2D eigenvalue weighted by Gasteiger charge is -2.16. The van der Waals surface area contributed by atoms with E-state index in [0.717, 1.165) is 0 Å². The first kappa shape index (κ1) is 13.5. The van der Waals surface area contributed by atoms with Gasteiger partial charge in [0.1, 0.15) is 6.04 Å². The lowest BCUT2D eigenvalue weighted by atomic mass is 10.1. The van der Waals surface area contributed by atoms with Gasteiger partial charge in [-0.2, -0.15) is 0 Å². The van der Waals surface area contributed by atoms with Gasteiger partial charge in [-0.3, -0.25) is 4.79 Å². The fraction of sp³-hybridized carbons (Fsp3) is 0.667. The van der Waals surface area contributed by atoms with Crippen LogP contribution in [0.1, 0.15) is 25.7 Å². The van der Waals surface area contributed by atoms with Gasteiger partial charge in [0.15, 0.2) is 0 Å². The molecule has 1 saturated heterocycles. The SMILES string of the molecule is C#CCCC[C@@H](NC(=O)[C@H]1CCOC1)C(=O)O. The smallest absolute Gasteiger partial charge is 0.326 e. The number of aliphatic carboxylic acids is 1. The number of carbonyl (C=O) groups is 2. The van der Waals surface area contributed by atoms with Gasteiger partial charge in [0.05, 0.1) is 12.5 Å². The molecule has 0 saturated carbocycles. The predicted molar refractivity (Wildman–Crippen MR) is 61.2 cm³/mol. The van der Waals surface area contributed by atoms with E-state index < -0.39 is 12.0 Å². The van der Waals surface area contributed by atoms with Crippen molar-refractivity contribution >= 4 is 11.9 Å². The number of rotatable bonds is 6. The second-order valence-electron chi connectivity index (χ2n) is 4.06.